The van der Waals surface area contributed by atoms with Gasteiger partial charge in [-0.15, -0.1) is 0 Å². The molecular weight excluding hydrogens is 540 g/mol. The molecule has 0 aliphatic carbocycles. The van der Waals surface area contributed by atoms with E-state index in [0.717, 1.165) is 0 Å². The van der Waals surface area contributed by atoms with Crippen LogP contribution in [0.4, 0.5) is 31.4 Å². The van der Waals surface area contributed by atoms with Crippen molar-refractivity contribution >= 4 is 35.2 Å². The van der Waals surface area contributed by atoms with Gasteiger partial charge in [-0.2, -0.15) is 0 Å². The lowest BCUT2D eigenvalue weighted by molar-refractivity contribution is 0.253. The average Bonchev–Trinajstić information content (AvgIpc) is 2.99. The number of carbonyl (C=O) groups is 3. The molecule has 0 aliphatic rings. The van der Waals surface area contributed by atoms with Crippen LogP contribution in [0, 0.1) is 0 Å². The minimum absolute atomic E-state index is 0.329. The number of anilines is 3. The van der Waals surface area contributed by atoms with E-state index in [1.54, 1.807) is 91.0 Å². The van der Waals surface area contributed by atoms with E-state index in [0.29, 0.717) is 51.6 Å². The number of rotatable bonds is 9. The number of hydrogen-bond acceptors (Lipinski definition) is 6. The molecule has 12 nitrogen and oxygen atoms in total. The first kappa shape index (κ1) is 29.1. The Balaban J connectivity index is 1.55. The minimum Gasteiger partial charge on any atom is -0.457 e. The first-order chi connectivity index (χ1) is 20.3. The van der Waals surface area contributed by atoms with Gasteiger partial charge in [-0.25, -0.2) is 14.4 Å². The predicted molar refractivity (Wildman–Crippen MR) is 160 cm³/mol. The standard InChI is InChI=1S/C30H30N6O6/c1-31-28(37)34-19-4-10-22(11-5-19)40-25-16-26(41-23-12-6-20(7-13-23)35-29(38)32-2)18-27(17-25)42-24-14-8-21(9-15-24)36-30(39)33-3/h4-18H,1-3H3,(H2,31,34,37)(H2,32,35,38)(H2,33,36,39). The minimum atomic E-state index is -0.329. The Morgan fingerprint density at radius 1 is 0.405 bits per heavy atom. The van der Waals surface area contributed by atoms with Crippen molar-refractivity contribution in [1.29, 1.82) is 0 Å². The molecule has 0 heterocycles. The topological polar surface area (TPSA) is 151 Å². The quantitative estimate of drug-likeness (QED) is 0.139. The van der Waals surface area contributed by atoms with Crippen molar-refractivity contribution in [2.24, 2.45) is 0 Å². The van der Waals surface area contributed by atoms with Crippen LogP contribution in [0.2, 0.25) is 0 Å². The molecule has 216 valence electrons. The van der Waals surface area contributed by atoms with E-state index < -0.39 is 0 Å². The molecule has 0 radical (unpaired) electrons. The van der Waals surface area contributed by atoms with Gasteiger partial charge in [-0.1, -0.05) is 0 Å². The molecule has 0 spiro atoms. The summed E-state index contributed by atoms with van der Waals surface area (Å²) in [6.07, 6.45) is 0. The van der Waals surface area contributed by atoms with Crippen molar-refractivity contribution in [2.75, 3.05) is 37.1 Å². The van der Waals surface area contributed by atoms with Crippen LogP contribution in [-0.2, 0) is 0 Å². The van der Waals surface area contributed by atoms with E-state index in [1.165, 1.54) is 21.1 Å². The number of benzene rings is 4. The monoisotopic (exact) mass is 570 g/mol. The zero-order chi connectivity index (χ0) is 29.9. The zero-order valence-electron chi connectivity index (χ0n) is 23.1. The van der Waals surface area contributed by atoms with Crippen LogP contribution in [0.15, 0.2) is 91.0 Å². The van der Waals surface area contributed by atoms with Crippen molar-refractivity contribution in [3.05, 3.63) is 91.0 Å². The highest BCUT2D eigenvalue weighted by molar-refractivity contribution is 5.90. The second-order valence-corrected chi connectivity index (χ2v) is 8.63. The SMILES string of the molecule is CNC(=O)Nc1ccc(Oc2cc(Oc3ccc(NC(=O)NC)cc3)cc(Oc3ccc(NC(=O)NC)cc3)c2)cc1. The van der Waals surface area contributed by atoms with Crippen LogP contribution in [0.3, 0.4) is 0 Å². The molecule has 42 heavy (non-hydrogen) atoms. The van der Waals surface area contributed by atoms with Crippen LogP contribution >= 0.6 is 0 Å². The van der Waals surface area contributed by atoms with Crippen molar-refractivity contribution in [3.8, 4) is 34.5 Å². The maximum absolute atomic E-state index is 11.6. The van der Waals surface area contributed by atoms with E-state index in [4.69, 9.17) is 14.2 Å². The Bertz CT molecular complexity index is 1330. The third kappa shape index (κ3) is 8.55. The van der Waals surface area contributed by atoms with Gasteiger partial charge in [0, 0.05) is 56.4 Å². The van der Waals surface area contributed by atoms with Gasteiger partial charge in [-0.3, -0.25) is 0 Å². The molecule has 4 rings (SSSR count). The zero-order valence-corrected chi connectivity index (χ0v) is 23.1. The number of nitrogens with one attached hydrogen (secondary N) is 6. The molecule has 0 fully saturated rings. The van der Waals surface area contributed by atoms with Crippen LogP contribution in [0.25, 0.3) is 0 Å². The molecule has 4 aromatic carbocycles. The lowest BCUT2D eigenvalue weighted by Crippen LogP contribution is -2.24. The predicted octanol–water partition coefficient (Wildman–Crippen LogP) is 6.32. The Labute approximate surface area is 242 Å². The van der Waals surface area contributed by atoms with Gasteiger partial charge in [0.2, 0.25) is 0 Å². The first-order valence-electron chi connectivity index (χ1n) is 12.8. The largest absolute Gasteiger partial charge is 0.457 e. The van der Waals surface area contributed by atoms with Crippen LogP contribution in [-0.4, -0.2) is 39.2 Å². The molecular formula is C30H30N6O6. The van der Waals surface area contributed by atoms with Crippen molar-refractivity contribution in [1.82, 2.24) is 16.0 Å². The Morgan fingerprint density at radius 2 is 0.643 bits per heavy atom. The summed E-state index contributed by atoms with van der Waals surface area (Å²) in [6, 6.07) is 24.7. The normalized spacial score (nSPS) is 10.1. The van der Waals surface area contributed by atoms with Crippen molar-refractivity contribution < 1.29 is 28.6 Å². The molecule has 0 unspecified atom stereocenters. The number of amides is 6. The van der Waals surface area contributed by atoms with Gasteiger partial charge in [-0.05, 0) is 72.8 Å². The molecule has 12 heteroatoms. The summed E-state index contributed by atoms with van der Waals surface area (Å²) in [6.45, 7) is 0. The first-order valence-corrected chi connectivity index (χ1v) is 12.8. The second kappa shape index (κ2) is 13.9. The molecule has 6 N–H and O–H groups in total. The van der Waals surface area contributed by atoms with E-state index >= 15 is 0 Å². The highest BCUT2D eigenvalue weighted by Crippen LogP contribution is 2.36. The lowest BCUT2D eigenvalue weighted by atomic mass is 10.2. The Hall–Kier alpha value is -5.91. The van der Waals surface area contributed by atoms with E-state index in [1.807, 2.05) is 0 Å². The van der Waals surface area contributed by atoms with Gasteiger partial charge >= 0.3 is 18.1 Å². The molecule has 0 bridgehead atoms. The highest BCUT2D eigenvalue weighted by Gasteiger charge is 2.10. The van der Waals surface area contributed by atoms with Gasteiger partial charge in [0.25, 0.3) is 0 Å². The maximum atomic E-state index is 11.6. The molecule has 0 atom stereocenters. The average molecular weight is 571 g/mol. The van der Waals surface area contributed by atoms with E-state index in [-0.39, 0.29) is 18.1 Å². The molecule has 0 aliphatic heterocycles. The molecule has 0 saturated carbocycles. The Morgan fingerprint density at radius 3 is 0.857 bits per heavy atom. The summed E-state index contributed by atoms with van der Waals surface area (Å²) >= 11 is 0. The number of urea groups is 3. The maximum Gasteiger partial charge on any atom is 0.318 e. The molecule has 6 amide bonds. The third-order valence-corrected chi connectivity index (χ3v) is 5.58. The fraction of sp³-hybridized carbons (Fsp3) is 0.100. The summed E-state index contributed by atoms with van der Waals surface area (Å²) in [5, 5.41) is 15.6. The molecule has 4 aromatic rings. The molecule has 0 aromatic heterocycles. The summed E-state index contributed by atoms with van der Waals surface area (Å²) < 4.78 is 18.2. The van der Waals surface area contributed by atoms with Gasteiger partial charge < -0.3 is 46.1 Å². The summed E-state index contributed by atoms with van der Waals surface area (Å²) in [7, 11) is 4.61. The third-order valence-electron chi connectivity index (χ3n) is 5.58. The number of carbonyl (C=O) groups excluding carboxylic acids is 3. The van der Waals surface area contributed by atoms with Gasteiger partial charge in [0.1, 0.15) is 34.5 Å². The van der Waals surface area contributed by atoms with Crippen molar-refractivity contribution in [3.63, 3.8) is 0 Å². The van der Waals surface area contributed by atoms with Crippen LogP contribution < -0.4 is 46.1 Å². The number of hydrogen-bond donors (Lipinski definition) is 6. The van der Waals surface area contributed by atoms with Crippen molar-refractivity contribution in [2.45, 2.75) is 0 Å². The van der Waals surface area contributed by atoms with Gasteiger partial charge in [0.15, 0.2) is 0 Å². The summed E-state index contributed by atoms with van der Waals surface area (Å²) in [4.78, 5) is 34.7. The highest BCUT2D eigenvalue weighted by atomic mass is 16.5. The fourth-order valence-corrected chi connectivity index (χ4v) is 3.53. The Kier molecular flexibility index (Phi) is 9.65. The summed E-state index contributed by atoms with van der Waals surface area (Å²) in [5.41, 5.74) is 1.81. The van der Waals surface area contributed by atoms with Crippen LogP contribution in [0.5, 0.6) is 34.5 Å². The molecule has 0 saturated heterocycles. The lowest BCUT2D eigenvalue weighted by Gasteiger charge is -2.14. The number of ether oxygens (including phenoxy) is 3. The smallest absolute Gasteiger partial charge is 0.318 e. The van der Waals surface area contributed by atoms with Crippen LogP contribution in [0.1, 0.15) is 0 Å². The van der Waals surface area contributed by atoms with E-state index in [2.05, 4.69) is 31.9 Å². The summed E-state index contributed by atoms with van der Waals surface area (Å²) in [5.74, 6) is 2.88. The fourth-order valence-electron chi connectivity index (χ4n) is 3.53. The van der Waals surface area contributed by atoms with E-state index in [9.17, 15) is 14.4 Å². The van der Waals surface area contributed by atoms with Gasteiger partial charge in [0.05, 0.1) is 0 Å². The second-order valence-electron chi connectivity index (χ2n) is 8.63.